The summed E-state index contributed by atoms with van der Waals surface area (Å²) in [6.45, 7) is 0.593. The molecule has 0 bridgehead atoms. The molecule has 2 heterocycles. The molecule has 0 aromatic carbocycles. The third-order valence-corrected chi connectivity index (χ3v) is 3.70. The van der Waals surface area contributed by atoms with E-state index < -0.39 is 0 Å². The summed E-state index contributed by atoms with van der Waals surface area (Å²) in [4.78, 5) is 12.7. The Hall–Kier alpha value is -2.10. The summed E-state index contributed by atoms with van der Waals surface area (Å²) in [5.74, 6) is 5.64. The van der Waals surface area contributed by atoms with Crippen molar-refractivity contribution in [2.75, 3.05) is 13.2 Å². The number of nitrogens with one attached hydrogen (secondary N) is 1. The number of aliphatic hydroxyl groups is 1. The van der Waals surface area contributed by atoms with Crippen molar-refractivity contribution in [1.29, 1.82) is 0 Å². The molecule has 2 aromatic heterocycles. The molecule has 2 aromatic rings. The fourth-order valence-corrected chi connectivity index (χ4v) is 2.56. The summed E-state index contributed by atoms with van der Waals surface area (Å²) >= 11 is 1.37. The van der Waals surface area contributed by atoms with Crippen molar-refractivity contribution < 1.29 is 9.90 Å². The summed E-state index contributed by atoms with van der Waals surface area (Å²) in [6.07, 6.45) is 4.89. The summed E-state index contributed by atoms with van der Waals surface area (Å²) in [6, 6.07) is 1.82. The number of carbonyl (C=O) groups excluding carboxylic acids is 1. The second kappa shape index (κ2) is 7.62. The van der Waals surface area contributed by atoms with Gasteiger partial charge in [-0.15, -0.1) is 11.3 Å². The van der Waals surface area contributed by atoms with Gasteiger partial charge in [0.25, 0.3) is 5.91 Å². The highest BCUT2D eigenvalue weighted by Gasteiger charge is 2.11. The van der Waals surface area contributed by atoms with Gasteiger partial charge in [0.1, 0.15) is 4.88 Å². The van der Waals surface area contributed by atoms with Crippen LogP contribution >= 0.6 is 11.3 Å². The topological polar surface area (TPSA) is 67.2 Å². The normalized spacial score (nSPS) is 10.0. The molecule has 110 valence electrons. The van der Waals surface area contributed by atoms with Crippen LogP contribution < -0.4 is 5.32 Å². The standard InChI is InChI=1S/C15H17N3O2S/c1-18-11-12(10-17-18)5-7-16-15(20)14-13(6-9-21-14)4-2-3-8-19/h6,9-11,19H,3,5,7-8H2,1H3,(H,16,20). The molecule has 0 fully saturated rings. The number of thiophene rings is 1. The minimum atomic E-state index is -0.109. The Morgan fingerprint density at radius 3 is 3.14 bits per heavy atom. The second-order valence-electron chi connectivity index (χ2n) is 4.47. The van der Waals surface area contributed by atoms with Crippen LogP contribution in [0.15, 0.2) is 23.8 Å². The maximum atomic E-state index is 12.1. The number of hydrogen-bond donors (Lipinski definition) is 2. The molecule has 0 unspecified atom stereocenters. The average Bonchev–Trinajstić information content (AvgIpc) is 3.08. The van der Waals surface area contributed by atoms with Crippen LogP contribution in [0.5, 0.6) is 0 Å². The third-order valence-electron chi connectivity index (χ3n) is 2.79. The monoisotopic (exact) mass is 303 g/mol. The van der Waals surface area contributed by atoms with Gasteiger partial charge in [-0.25, -0.2) is 0 Å². The van der Waals surface area contributed by atoms with Gasteiger partial charge in [-0.3, -0.25) is 9.48 Å². The van der Waals surface area contributed by atoms with E-state index in [0.717, 1.165) is 12.0 Å². The fraction of sp³-hybridized carbons (Fsp3) is 0.333. The van der Waals surface area contributed by atoms with Crippen molar-refractivity contribution in [2.45, 2.75) is 12.8 Å². The highest BCUT2D eigenvalue weighted by Crippen LogP contribution is 2.15. The molecule has 0 radical (unpaired) electrons. The van der Waals surface area contributed by atoms with Crippen LogP contribution in [0.2, 0.25) is 0 Å². The first-order valence-electron chi connectivity index (χ1n) is 6.63. The van der Waals surface area contributed by atoms with Crippen LogP contribution in [0.4, 0.5) is 0 Å². The molecule has 21 heavy (non-hydrogen) atoms. The van der Waals surface area contributed by atoms with Crippen molar-refractivity contribution in [2.24, 2.45) is 7.05 Å². The Morgan fingerprint density at radius 1 is 1.57 bits per heavy atom. The highest BCUT2D eigenvalue weighted by atomic mass is 32.1. The van der Waals surface area contributed by atoms with E-state index in [2.05, 4.69) is 22.3 Å². The molecule has 0 aliphatic rings. The molecule has 5 nitrogen and oxygen atoms in total. The lowest BCUT2D eigenvalue weighted by Gasteiger charge is -2.02. The Kier molecular flexibility index (Phi) is 5.55. The number of nitrogens with zero attached hydrogens (tertiary/aromatic N) is 2. The van der Waals surface area contributed by atoms with Gasteiger partial charge in [0, 0.05) is 31.8 Å². The number of aromatic nitrogens is 2. The molecule has 2 N–H and O–H groups in total. The Morgan fingerprint density at radius 2 is 2.43 bits per heavy atom. The molecule has 0 saturated heterocycles. The van der Waals surface area contributed by atoms with Crippen LogP contribution in [0, 0.1) is 11.8 Å². The maximum absolute atomic E-state index is 12.1. The number of aryl methyl sites for hydroxylation is 1. The van der Waals surface area contributed by atoms with E-state index in [0.29, 0.717) is 23.4 Å². The van der Waals surface area contributed by atoms with Crippen LogP contribution in [0.25, 0.3) is 0 Å². The number of carbonyl (C=O) groups is 1. The van der Waals surface area contributed by atoms with Crippen LogP contribution in [-0.2, 0) is 13.5 Å². The smallest absolute Gasteiger partial charge is 0.262 e. The van der Waals surface area contributed by atoms with Gasteiger partial charge in [0.2, 0.25) is 0 Å². The van der Waals surface area contributed by atoms with Crippen molar-refractivity contribution in [3.63, 3.8) is 0 Å². The van der Waals surface area contributed by atoms with Gasteiger partial charge < -0.3 is 10.4 Å². The molecule has 0 aliphatic heterocycles. The summed E-state index contributed by atoms with van der Waals surface area (Å²) in [5.41, 5.74) is 1.80. The van der Waals surface area contributed by atoms with Gasteiger partial charge in [-0.05, 0) is 23.4 Å². The Balaban J connectivity index is 1.89. The van der Waals surface area contributed by atoms with E-state index in [1.165, 1.54) is 11.3 Å². The van der Waals surface area contributed by atoms with Crippen LogP contribution in [-0.4, -0.2) is 33.9 Å². The number of aliphatic hydroxyl groups excluding tert-OH is 1. The minimum absolute atomic E-state index is 0.0315. The van der Waals surface area contributed by atoms with Gasteiger partial charge in [-0.1, -0.05) is 11.8 Å². The predicted octanol–water partition coefficient (Wildman–Crippen LogP) is 1.19. The third kappa shape index (κ3) is 4.45. The van der Waals surface area contributed by atoms with E-state index in [-0.39, 0.29) is 12.5 Å². The van der Waals surface area contributed by atoms with Gasteiger partial charge in [0.15, 0.2) is 0 Å². The molecule has 0 aliphatic carbocycles. The van der Waals surface area contributed by atoms with Gasteiger partial charge in [-0.2, -0.15) is 5.10 Å². The molecule has 1 amide bonds. The summed E-state index contributed by atoms with van der Waals surface area (Å²) in [5, 5.41) is 17.5. The zero-order valence-electron chi connectivity index (χ0n) is 11.8. The summed E-state index contributed by atoms with van der Waals surface area (Å²) < 4.78 is 1.74. The Labute approximate surface area is 127 Å². The van der Waals surface area contributed by atoms with Crippen molar-refractivity contribution >= 4 is 17.2 Å². The quantitative estimate of drug-likeness (QED) is 0.815. The zero-order chi connectivity index (χ0) is 15.1. The minimum Gasteiger partial charge on any atom is -0.395 e. The largest absolute Gasteiger partial charge is 0.395 e. The lowest BCUT2D eigenvalue weighted by atomic mass is 10.2. The number of rotatable bonds is 5. The van der Waals surface area contributed by atoms with E-state index in [9.17, 15) is 4.79 Å². The first-order chi connectivity index (χ1) is 10.2. The molecule has 2 rings (SSSR count). The van der Waals surface area contributed by atoms with Crippen LogP contribution in [0.3, 0.4) is 0 Å². The van der Waals surface area contributed by atoms with E-state index >= 15 is 0 Å². The van der Waals surface area contributed by atoms with Crippen molar-refractivity contribution in [3.8, 4) is 11.8 Å². The first-order valence-corrected chi connectivity index (χ1v) is 7.51. The number of hydrogen-bond acceptors (Lipinski definition) is 4. The molecule has 0 saturated carbocycles. The van der Waals surface area contributed by atoms with Crippen molar-refractivity contribution in [1.82, 2.24) is 15.1 Å². The van der Waals surface area contributed by atoms with Crippen molar-refractivity contribution in [3.05, 3.63) is 39.8 Å². The molecular formula is C15H17N3O2S. The van der Waals surface area contributed by atoms with E-state index in [4.69, 9.17) is 5.11 Å². The maximum Gasteiger partial charge on any atom is 0.262 e. The zero-order valence-corrected chi connectivity index (χ0v) is 12.6. The average molecular weight is 303 g/mol. The lowest BCUT2D eigenvalue weighted by molar-refractivity contribution is 0.0958. The van der Waals surface area contributed by atoms with E-state index in [1.54, 1.807) is 10.9 Å². The van der Waals surface area contributed by atoms with Gasteiger partial charge in [0.05, 0.1) is 12.8 Å². The fourth-order valence-electron chi connectivity index (χ4n) is 1.80. The number of amides is 1. The predicted molar refractivity (Wildman–Crippen MR) is 82.1 cm³/mol. The SMILES string of the molecule is Cn1cc(CCNC(=O)c2sccc2C#CCCO)cn1. The molecular weight excluding hydrogens is 286 g/mol. The highest BCUT2D eigenvalue weighted by molar-refractivity contribution is 7.12. The summed E-state index contributed by atoms with van der Waals surface area (Å²) in [7, 11) is 1.87. The van der Waals surface area contributed by atoms with E-state index in [1.807, 2.05) is 24.7 Å². The van der Waals surface area contributed by atoms with Gasteiger partial charge >= 0.3 is 0 Å². The Bertz CT molecular complexity index is 664. The first kappa shape index (κ1) is 15.3. The molecule has 0 spiro atoms. The molecule has 6 heteroatoms. The second-order valence-corrected chi connectivity index (χ2v) is 5.38. The van der Waals surface area contributed by atoms with Crippen LogP contribution in [0.1, 0.15) is 27.2 Å². The lowest BCUT2D eigenvalue weighted by Crippen LogP contribution is -2.25. The molecule has 0 atom stereocenters.